The van der Waals surface area contributed by atoms with Crippen LogP contribution in [0.3, 0.4) is 0 Å². The predicted octanol–water partition coefficient (Wildman–Crippen LogP) is 1.41. The zero-order valence-corrected chi connectivity index (χ0v) is 12.2. The summed E-state index contributed by atoms with van der Waals surface area (Å²) in [5, 5.41) is 15.5. The molecule has 6 heteroatoms. The molecule has 1 fully saturated rings. The summed E-state index contributed by atoms with van der Waals surface area (Å²) < 4.78 is 7.00. The second-order valence-electron chi connectivity index (χ2n) is 5.67. The third-order valence-corrected chi connectivity index (χ3v) is 3.94. The number of methoxy groups -OCH3 is 1. The minimum absolute atomic E-state index is 0.156. The summed E-state index contributed by atoms with van der Waals surface area (Å²) in [4.78, 5) is 0. The van der Waals surface area contributed by atoms with Crippen LogP contribution in [0.25, 0.3) is 0 Å². The topological polar surface area (TPSA) is 64.9 Å². The molecule has 3 atom stereocenters. The maximum atomic E-state index is 5.04. The van der Waals surface area contributed by atoms with Gasteiger partial charge in [-0.05, 0) is 42.0 Å². The average Bonchev–Trinajstić information content (AvgIpc) is 2.99. The maximum absolute atomic E-state index is 5.04. The molecule has 1 aliphatic rings. The summed E-state index contributed by atoms with van der Waals surface area (Å²) in [7, 11) is 1.71. The van der Waals surface area contributed by atoms with E-state index in [1.165, 1.54) is 19.3 Å². The van der Waals surface area contributed by atoms with E-state index in [2.05, 4.69) is 34.7 Å². The van der Waals surface area contributed by atoms with Crippen LogP contribution in [0.2, 0.25) is 0 Å². The lowest BCUT2D eigenvalue weighted by atomic mass is 10.1. The number of nitrogens with zero attached hydrogens (tertiary/aromatic N) is 4. The number of hydrogen-bond donors (Lipinski definition) is 1. The first-order valence-corrected chi connectivity index (χ1v) is 7.19. The van der Waals surface area contributed by atoms with Gasteiger partial charge in [-0.25, -0.2) is 4.68 Å². The Labute approximate surface area is 114 Å². The van der Waals surface area contributed by atoms with Crippen LogP contribution in [-0.4, -0.2) is 40.5 Å². The fraction of sp³-hybridized carbons (Fsp3) is 0.923. The van der Waals surface area contributed by atoms with Gasteiger partial charge in [0.1, 0.15) is 0 Å². The van der Waals surface area contributed by atoms with Gasteiger partial charge >= 0.3 is 0 Å². The number of rotatable bonds is 7. The molecule has 3 unspecified atom stereocenters. The molecular formula is C13H25N5O. The summed E-state index contributed by atoms with van der Waals surface area (Å²) in [6.45, 7) is 6.88. The Morgan fingerprint density at radius 1 is 1.47 bits per heavy atom. The molecule has 1 aromatic rings. The molecular weight excluding hydrogens is 242 g/mol. The molecule has 2 rings (SSSR count). The molecule has 6 nitrogen and oxygen atoms in total. The first-order chi connectivity index (χ1) is 9.20. The molecule has 0 aromatic carbocycles. The van der Waals surface area contributed by atoms with Crippen molar-refractivity contribution in [2.45, 2.75) is 45.7 Å². The number of ether oxygens (including phenoxy) is 1. The van der Waals surface area contributed by atoms with Crippen molar-refractivity contribution in [3.05, 3.63) is 5.82 Å². The van der Waals surface area contributed by atoms with Gasteiger partial charge < -0.3 is 10.1 Å². The van der Waals surface area contributed by atoms with E-state index in [0.29, 0.717) is 6.61 Å². The van der Waals surface area contributed by atoms with E-state index in [-0.39, 0.29) is 6.04 Å². The third-order valence-electron chi connectivity index (χ3n) is 3.94. The van der Waals surface area contributed by atoms with E-state index >= 15 is 0 Å². The molecule has 0 radical (unpaired) electrons. The lowest BCUT2D eigenvalue weighted by Crippen LogP contribution is -2.26. The Morgan fingerprint density at radius 2 is 2.32 bits per heavy atom. The highest BCUT2D eigenvalue weighted by atomic mass is 16.5. The molecule has 0 bridgehead atoms. The van der Waals surface area contributed by atoms with Crippen LogP contribution in [0.4, 0.5) is 0 Å². The fourth-order valence-electron chi connectivity index (χ4n) is 2.86. The fourth-order valence-corrected chi connectivity index (χ4v) is 2.86. The first-order valence-electron chi connectivity index (χ1n) is 7.19. The zero-order valence-electron chi connectivity index (χ0n) is 12.2. The maximum Gasteiger partial charge on any atom is 0.167 e. The minimum Gasteiger partial charge on any atom is -0.383 e. The lowest BCUT2D eigenvalue weighted by Gasteiger charge is -2.15. The van der Waals surface area contributed by atoms with Gasteiger partial charge in [0, 0.05) is 20.2 Å². The van der Waals surface area contributed by atoms with E-state index in [1.54, 1.807) is 7.11 Å². The van der Waals surface area contributed by atoms with Crippen molar-refractivity contribution in [3.8, 4) is 0 Å². The Bertz CT molecular complexity index is 381. The highest BCUT2D eigenvalue weighted by Gasteiger charge is 2.24. The van der Waals surface area contributed by atoms with Gasteiger partial charge in [-0.1, -0.05) is 13.3 Å². The van der Waals surface area contributed by atoms with Crippen molar-refractivity contribution >= 4 is 0 Å². The van der Waals surface area contributed by atoms with Crippen LogP contribution < -0.4 is 5.32 Å². The van der Waals surface area contributed by atoms with Crippen LogP contribution >= 0.6 is 0 Å². The van der Waals surface area contributed by atoms with Gasteiger partial charge in [-0.3, -0.25) is 0 Å². The van der Waals surface area contributed by atoms with Crippen LogP contribution in [0.5, 0.6) is 0 Å². The molecule has 1 N–H and O–H groups in total. The Hall–Kier alpha value is -1.01. The number of tetrazole rings is 1. The summed E-state index contributed by atoms with van der Waals surface area (Å²) in [6.07, 6.45) is 3.93. The van der Waals surface area contributed by atoms with Crippen molar-refractivity contribution in [1.29, 1.82) is 0 Å². The van der Waals surface area contributed by atoms with Crippen molar-refractivity contribution in [3.63, 3.8) is 0 Å². The van der Waals surface area contributed by atoms with Crippen LogP contribution in [-0.2, 0) is 11.3 Å². The molecule has 1 saturated carbocycles. The van der Waals surface area contributed by atoms with E-state index in [1.807, 2.05) is 4.68 Å². The van der Waals surface area contributed by atoms with Gasteiger partial charge in [0.25, 0.3) is 0 Å². The number of aromatic nitrogens is 4. The van der Waals surface area contributed by atoms with Gasteiger partial charge in [0.15, 0.2) is 5.82 Å². The standard InChI is InChI=1S/C13H25N5O/c1-10-4-5-12(8-10)9-18-13(15-16-17-18)11(2)14-6-7-19-3/h10-12,14H,4-9H2,1-3H3. The monoisotopic (exact) mass is 267 g/mol. The van der Waals surface area contributed by atoms with Crippen LogP contribution in [0.1, 0.15) is 45.0 Å². The van der Waals surface area contributed by atoms with E-state index in [4.69, 9.17) is 4.74 Å². The predicted molar refractivity (Wildman–Crippen MR) is 72.6 cm³/mol. The largest absolute Gasteiger partial charge is 0.383 e. The molecule has 19 heavy (non-hydrogen) atoms. The smallest absolute Gasteiger partial charge is 0.167 e. The molecule has 1 aromatic heterocycles. The minimum atomic E-state index is 0.156. The zero-order chi connectivity index (χ0) is 13.7. The van der Waals surface area contributed by atoms with Crippen molar-refractivity contribution < 1.29 is 4.74 Å². The van der Waals surface area contributed by atoms with Gasteiger partial charge in [0.2, 0.25) is 0 Å². The first kappa shape index (κ1) is 14.4. The second kappa shape index (κ2) is 6.96. The molecule has 108 valence electrons. The molecule has 0 saturated heterocycles. The number of nitrogens with one attached hydrogen (secondary N) is 1. The Kier molecular flexibility index (Phi) is 5.27. The SMILES string of the molecule is COCCNC(C)c1nnnn1CC1CCC(C)C1. The van der Waals surface area contributed by atoms with Crippen LogP contribution in [0, 0.1) is 11.8 Å². The van der Waals surface area contributed by atoms with E-state index in [9.17, 15) is 0 Å². The Balaban J connectivity index is 1.89. The highest BCUT2D eigenvalue weighted by Crippen LogP contribution is 2.31. The average molecular weight is 267 g/mol. The Morgan fingerprint density at radius 3 is 3.00 bits per heavy atom. The third kappa shape index (κ3) is 3.98. The van der Waals surface area contributed by atoms with Crippen LogP contribution in [0.15, 0.2) is 0 Å². The summed E-state index contributed by atoms with van der Waals surface area (Å²) in [6, 6.07) is 0.156. The molecule has 0 aliphatic heterocycles. The van der Waals surface area contributed by atoms with Crippen molar-refractivity contribution in [1.82, 2.24) is 25.5 Å². The highest BCUT2D eigenvalue weighted by molar-refractivity contribution is 4.90. The van der Waals surface area contributed by atoms with E-state index in [0.717, 1.165) is 30.7 Å². The normalized spacial score (nSPS) is 24.8. The molecule has 0 amide bonds. The number of hydrogen-bond acceptors (Lipinski definition) is 5. The quantitative estimate of drug-likeness (QED) is 0.757. The molecule has 0 spiro atoms. The van der Waals surface area contributed by atoms with Gasteiger partial charge in [0.05, 0.1) is 12.6 Å². The van der Waals surface area contributed by atoms with E-state index < -0.39 is 0 Å². The van der Waals surface area contributed by atoms with Crippen molar-refractivity contribution in [2.24, 2.45) is 11.8 Å². The van der Waals surface area contributed by atoms with Crippen molar-refractivity contribution in [2.75, 3.05) is 20.3 Å². The van der Waals surface area contributed by atoms with Gasteiger partial charge in [-0.15, -0.1) is 5.10 Å². The summed E-state index contributed by atoms with van der Waals surface area (Å²) in [5.74, 6) is 2.50. The lowest BCUT2D eigenvalue weighted by molar-refractivity contribution is 0.195. The summed E-state index contributed by atoms with van der Waals surface area (Å²) >= 11 is 0. The molecule has 1 heterocycles. The molecule has 1 aliphatic carbocycles. The van der Waals surface area contributed by atoms with Gasteiger partial charge in [-0.2, -0.15) is 0 Å². The second-order valence-corrected chi connectivity index (χ2v) is 5.67. The summed E-state index contributed by atoms with van der Waals surface area (Å²) in [5.41, 5.74) is 0.